The molecule has 1 saturated heterocycles. The zero-order valence-electron chi connectivity index (χ0n) is 10.6. The van der Waals surface area contributed by atoms with Gasteiger partial charge in [0.2, 0.25) is 0 Å². The molecular weight excluding hydrogens is 220 g/mol. The number of urea groups is 1. The van der Waals surface area contributed by atoms with E-state index in [-0.39, 0.29) is 6.03 Å². The smallest absolute Gasteiger partial charge is 0.326 e. The van der Waals surface area contributed by atoms with E-state index in [1.807, 2.05) is 6.92 Å². The molecule has 0 radical (unpaired) electrons. The Kier molecular flexibility index (Phi) is 5.25. The Bertz CT molecular complexity index is 281. The van der Waals surface area contributed by atoms with Crippen LogP contribution in [-0.4, -0.2) is 41.1 Å². The van der Waals surface area contributed by atoms with Crippen molar-refractivity contribution in [3.63, 3.8) is 0 Å². The van der Waals surface area contributed by atoms with Crippen LogP contribution < -0.4 is 5.32 Å². The van der Waals surface area contributed by atoms with E-state index in [1.54, 1.807) is 4.90 Å². The molecule has 5 heteroatoms. The third kappa shape index (κ3) is 4.24. The number of amides is 2. The zero-order chi connectivity index (χ0) is 12.8. The van der Waals surface area contributed by atoms with Crippen molar-refractivity contribution < 1.29 is 14.7 Å². The topological polar surface area (TPSA) is 69.6 Å². The van der Waals surface area contributed by atoms with Crippen molar-refractivity contribution in [2.45, 2.75) is 45.6 Å². The fourth-order valence-electron chi connectivity index (χ4n) is 2.16. The Labute approximate surface area is 102 Å². The van der Waals surface area contributed by atoms with Gasteiger partial charge in [0.25, 0.3) is 0 Å². The highest BCUT2D eigenvalue weighted by Gasteiger charge is 2.25. The summed E-state index contributed by atoms with van der Waals surface area (Å²) in [5.74, 6) is -0.450. The fraction of sp³-hybridized carbons (Fsp3) is 0.833. The summed E-state index contributed by atoms with van der Waals surface area (Å²) in [7, 11) is 0. The maximum atomic E-state index is 11.9. The van der Waals surface area contributed by atoms with Crippen LogP contribution in [0.5, 0.6) is 0 Å². The summed E-state index contributed by atoms with van der Waals surface area (Å²) in [6.07, 6.45) is 3.36. The van der Waals surface area contributed by atoms with Gasteiger partial charge in [-0.3, -0.25) is 0 Å². The summed E-state index contributed by atoms with van der Waals surface area (Å²) in [6, 6.07) is -0.998. The normalized spacial score (nSPS) is 22.0. The van der Waals surface area contributed by atoms with Gasteiger partial charge in [0.05, 0.1) is 0 Å². The molecule has 1 fully saturated rings. The lowest BCUT2D eigenvalue weighted by atomic mass is 10.0. The Morgan fingerprint density at radius 2 is 2.24 bits per heavy atom. The minimum Gasteiger partial charge on any atom is -0.480 e. The van der Waals surface area contributed by atoms with Gasteiger partial charge in [-0.15, -0.1) is 0 Å². The molecule has 0 bridgehead atoms. The number of carboxylic acids is 1. The largest absolute Gasteiger partial charge is 0.480 e. The predicted octanol–water partition coefficient (Wildman–Crippen LogP) is 1.68. The van der Waals surface area contributed by atoms with Gasteiger partial charge in [0, 0.05) is 13.1 Å². The van der Waals surface area contributed by atoms with E-state index in [1.165, 1.54) is 0 Å². The number of aliphatic carboxylic acids is 1. The Balaban J connectivity index is 2.48. The van der Waals surface area contributed by atoms with Gasteiger partial charge in [0.15, 0.2) is 0 Å². The van der Waals surface area contributed by atoms with Crippen molar-refractivity contribution in [1.82, 2.24) is 10.2 Å². The van der Waals surface area contributed by atoms with Gasteiger partial charge < -0.3 is 15.3 Å². The summed E-state index contributed by atoms with van der Waals surface area (Å²) in [5.41, 5.74) is 0. The molecule has 1 unspecified atom stereocenters. The Morgan fingerprint density at radius 1 is 1.53 bits per heavy atom. The summed E-state index contributed by atoms with van der Waals surface area (Å²) < 4.78 is 0. The number of carboxylic acid groups (broad SMARTS) is 1. The number of likely N-dealkylation sites (tertiary alicyclic amines) is 1. The maximum absolute atomic E-state index is 11.9. The molecular formula is C12H22N2O3. The van der Waals surface area contributed by atoms with E-state index in [4.69, 9.17) is 5.11 Å². The van der Waals surface area contributed by atoms with Gasteiger partial charge in [0.1, 0.15) is 6.04 Å². The van der Waals surface area contributed by atoms with E-state index in [2.05, 4.69) is 12.2 Å². The quantitative estimate of drug-likeness (QED) is 0.788. The second kappa shape index (κ2) is 6.47. The zero-order valence-corrected chi connectivity index (χ0v) is 10.6. The van der Waals surface area contributed by atoms with Crippen molar-refractivity contribution in [3.8, 4) is 0 Å². The molecule has 1 aliphatic heterocycles. The predicted molar refractivity (Wildman–Crippen MR) is 64.8 cm³/mol. The summed E-state index contributed by atoms with van der Waals surface area (Å²) in [5, 5.41) is 11.6. The van der Waals surface area contributed by atoms with Crippen LogP contribution in [0.3, 0.4) is 0 Å². The second-order valence-corrected chi connectivity index (χ2v) is 4.82. The first-order chi connectivity index (χ1) is 8.04. The molecule has 0 aromatic rings. The fourth-order valence-corrected chi connectivity index (χ4v) is 2.16. The highest BCUT2D eigenvalue weighted by Crippen LogP contribution is 2.15. The van der Waals surface area contributed by atoms with Crippen LogP contribution in [0.15, 0.2) is 0 Å². The van der Waals surface area contributed by atoms with Crippen LogP contribution in [-0.2, 0) is 4.79 Å². The van der Waals surface area contributed by atoms with E-state index in [9.17, 15) is 9.59 Å². The number of hydrogen-bond acceptors (Lipinski definition) is 2. The van der Waals surface area contributed by atoms with Gasteiger partial charge in [-0.05, 0) is 25.2 Å². The first-order valence-electron chi connectivity index (χ1n) is 6.32. The van der Waals surface area contributed by atoms with Crippen molar-refractivity contribution in [2.24, 2.45) is 5.92 Å². The van der Waals surface area contributed by atoms with E-state index in [0.29, 0.717) is 12.3 Å². The lowest BCUT2D eigenvalue weighted by Crippen LogP contribution is -2.50. The first kappa shape index (κ1) is 13.8. The lowest BCUT2D eigenvalue weighted by molar-refractivity contribution is -0.139. The molecule has 1 rings (SSSR count). The van der Waals surface area contributed by atoms with Crippen molar-refractivity contribution in [2.75, 3.05) is 13.1 Å². The number of rotatable bonds is 4. The highest BCUT2D eigenvalue weighted by atomic mass is 16.4. The number of carbonyl (C=O) groups excluding carboxylic acids is 1. The Hall–Kier alpha value is -1.26. The van der Waals surface area contributed by atoms with Crippen LogP contribution in [0.2, 0.25) is 0 Å². The standard InChI is InChI=1S/C12H22N2O3/c1-3-5-10(11(15)16)13-12(17)14-7-4-6-9(2)8-14/h9-10H,3-8H2,1-2H3,(H,13,17)(H,15,16)/t9?,10-/m1/s1. The molecule has 0 aromatic carbocycles. The SMILES string of the molecule is CCC[C@@H](NC(=O)N1CCCC(C)C1)C(=O)O. The molecule has 5 nitrogen and oxygen atoms in total. The van der Waals surface area contributed by atoms with Crippen LogP contribution in [0.4, 0.5) is 4.79 Å². The highest BCUT2D eigenvalue weighted by molar-refractivity contribution is 5.82. The van der Waals surface area contributed by atoms with Crippen molar-refractivity contribution in [1.29, 1.82) is 0 Å². The van der Waals surface area contributed by atoms with Crippen LogP contribution >= 0.6 is 0 Å². The number of piperidine rings is 1. The third-order valence-corrected chi connectivity index (χ3v) is 3.12. The molecule has 1 heterocycles. The molecule has 0 spiro atoms. The number of carbonyl (C=O) groups is 2. The molecule has 1 aliphatic rings. The van der Waals surface area contributed by atoms with Crippen molar-refractivity contribution >= 4 is 12.0 Å². The molecule has 2 amide bonds. The molecule has 98 valence electrons. The van der Waals surface area contributed by atoms with Gasteiger partial charge in [-0.25, -0.2) is 9.59 Å². The van der Waals surface area contributed by atoms with Gasteiger partial charge >= 0.3 is 12.0 Å². The number of nitrogens with one attached hydrogen (secondary N) is 1. The average molecular weight is 242 g/mol. The number of nitrogens with zero attached hydrogens (tertiary/aromatic N) is 1. The summed E-state index contributed by atoms with van der Waals surface area (Å²) in [4.78, 5) is 24.5. The van der Waals surface area contributed by atoms with Crippen LogP contribution in [0.1, 0.15) is 39.5 Å². The molecule has 2 N–H and O–H groups in total. The molecule has 0 aromatic heterocycles. The second-order valence-electron chi connectivity index (χ2n) is 4.82. The monoisotopic (exact) mass is 242 g/mol. The molecule has 0 aliphatic carbocycles. The van der Waals surface area contributed by atoms with Gasteiger partial charge in [-0.1, -0.05) is 20.3 Å². The molecule has 2 atom stereocenters. The third-order valence-electron chi connectivity index (χ3n) is 3.12. The van der Waals surface area contributed by atoms with E-state index < -0.39 is 12.0 Å². The minimum absolute atomic E-state index is 0.239. The van der Waals surface area contributed by atoms with Crippen LogP contribution in [0, 0.1) is 5.92 Å². The average Bonchev–Trinajstić information content (AvgIpc) is 2.28. The number of hydrogen-bond donors (Lipinski definition) is 2. The van der Waals surface area contributed by atoms with Gasteiger partial charge in [-0.2, -0.15) is 0 Å². The first-order valence-corrected chi connectivity index (χ1v) is 6.32. The van der Waals surface area contributed by atoms with Crippen LogP contribution in [0.25, 0.3) is 0 Å². The van der Waals surface area contributed by atoms with E-state index >= 15 is 0 Å². The molecule has 17 heavy (non-hydrogen) atoms. The molecule has 0 saturated carbocycles. The van der Waals surface area contributed by atoms with E-state index in [0.717, 1.165) is 32.4 Å². The van der Waals surface area contributed by atoms with Crippen molar-refractivity contribution in [3.05, 3.63) is 0 Å². The lowest BCUT2D eigenvalue weighted by Gasteiger charge is -2.31. The summed E-state index contributed by atoms with van der Waals surface area (Å²) >= 11 is 0. The Morgan fingerprint density at radius 3 is 2.76 bits per heavy atom. The minimum atomic E-state index is -0.953. The summed E-state index contributed by atoms with van der Waals surface area (Å²) in [6.45, 7) is 5.48. The maximum Gasteiger partial charge on any atom is 0.326 e.